The van der Waals surface area contributed by atoms with Gasteiger partial charge in [0.1, 0.15) is 5.76 Å². The summed E-state index contributed by atoms with van der Waals surface area (Å²) in [5, 5.41) is 6.21. The van der Waals surface area contributed by atoms with Crippen molar-refractivity contribution in [3.63, 3.8) is 0 Å². The van der Waals surface area contributed by atoms with Gasteiger partial charge in [-0.05, 0) is 13.3 Å². The van der Waals surface area contributed by atoms with Crippen molar-refractivity contribution in [1.82, 2.24) is 10.1 Å². The number of aromatic nitrogens is 1. The predicted molar refractivity (Wildman–Crippen MR) is 78.9 cm³/mol. The zero-order valence-electron chi connectivity index (χ0n) is 12.5. The van der Waals surface area contributed by atoms with Gasteiger partial charge in [-0.15, -0.1) is 0 Å². The van der Waals surface area contributed by atoms with Gasteiger partial charge in [0.05, 0.1) is 11.5 Å². The number of nitrogens with one attached hydrogen (secondary N) is 1. The van der Waals surface area contributed by atoms with Crippen LogP contribution in [0.3, 0.4) is 0 Å². The molecule has 0 aliphatic carbocycles. The molecule has 0 aromatic carbocycles. The Morgan fingerprint density at radius 1 is 1.50 bits per heavy atom. The van der Waals surface area contributed by atoms with Crippen LogP contribution in [-0.4, -0.2) is 54.4 Å². The maximum absolute atomic E-state index is 11.8. The predicted octanol–water partition coefficient (Wildman–Crippen LogP) is 0.347. The van der Waals surface area contributed by atoms with E-state index in [4.69, 9.17) is 4.52 Å². The Balaban J connectivity index is 1.89. The Labute approximate surface area is 128 Å². The zero-order chi connectivity index (χ0) is 16.3. The van der Waals surface area contributed by atoms with Crippen LogP contribution in [0.2, 0.25) is 0 Å². The zero-order valence-corrected chi connectivity index (χ0v) is 13.4. The molecule has 0 saturated carbocycles. The molecule has 1 N–H and O–H groups in total. The molecule has 9 heteroatoms. The van der Waals surface area contributed by atoms with Gasteiger partial charge in [-0.3, -0.25) is 9.59 Å². The van der Waals surface area contributed by atoms with E-state index in [1.807, 2.05) is 0 Å². The number of amides is 2. The van der Waals surface area contributed by atoms with Gasteiger partial charge < -0.3 is 14.7 Å². The summed E-state index contributed by atoms with van der Waals surface area (Å²) < 4.78 is 27.9. The average molecular weight is 329 g/mol. The summed E-state index contributed by atoms with van der Waals surface area (Å²) in [5.41, 5.74) is 0. The Bertz CT molecular complexity index is 667. The maximum Gasteiger partial charge on any atom is 0.227 e. The normalized spacial score (nSPS) is 19.8. The molecule has 1 aromatic rings. The summed E-state index contributed by atoms with van der Waals surface area (Å²) >= 11 is 0. The second kappa shape index (κ2) is 6.47. The van der Waals surface area contributed by atoms with Gasteiger partial charge >= 0.3 is 0 Å². The van der Waals surface area contributed by atoms with Gasteiger partial charge in [-0.1, -0.05) is 5.16 Å². The molecule has 22 heavy (non-hydrogen) atoms. The van der Waals surface area contributed by atoms with Crippen LogP contribution in [0.5, 0.6) is 0 Å². The molecule has 122 valence electrons. The average Bonchev–Trinajstić information content (AvgIpc) is 2.95. The number of hydrogen-bond donors (Lipinski definition) is 1. The molecular weight excluding hydrogens is 310 g/mol. The minimum atomic E-state index is -3.08. The van der Waals surface area contributed by atoms with Gasteiger partial charge in [0.15, 0.2) is 15.7 Å². The van der Waals surface area contributed by atoms with E-state index in [1.165, 1.54) is 11.8 Å². The third kappa shape index (κ3) is 4.30. The second-order valence-electron chi connectivity index (χ2n) is 5.39. The molecule has 1 aliphatic rings. The standard InChI is InChI=1S/C13H19N3O5S/c1-9-7-12(15-21-9)14-13(18)3-5-16(10(2)17)11-4-6-22(19,20)8-11/h7,11H,3-6,8H2,1-2H3,(H,14,15,18). The van der Waals surface area contributed by atoms with Crippen molar-refractivity contribution in [3.05, 3.63) is 11.8 Å². The molecule has 1 saturated heterocycles. The Morgan fingerprint density at radius 3 is 2.73 bits per heavy atom. The number of rotatable bonds is 5. The highest BCUT2D eigenvalue weighted by molar-refractivity contribution is 7.91. The number of aryl methyl sites for hydroxylation is 1. The van der Waals surface area contributed by atoms with E-state index in [9.17, 15) is 18.0 Å². The van der Waals surface area contributed by atoms with Gasteiger partial charge in [0.25, 0.3) is 0 Å². The summed E-state index contributed by atoms with van der Waals surface area (Å²) in [7, 11) is -3.08. The minimum Gasteiger partial charge on any atom is -0.360 e. The fourth-order valence-electron chi connectivity index (χ4n) is 2.47. The SMILES string of the molecule is CC(=O)N(CCC(=O)Nc1cc(C)on1)C1CCS(=O)(=O)C1. The molecule has 1 unspecified atom stereocenters. The van der Waals surface area contributed by atoms with Crippen molar-refractivity contribution in [3.8, 4) is 0 Å². The number of sulfone groups is 1. The lowest BCUT2D eigenvalue weighted by Crippen LogP contribution is -2.41. The van der Waals surface area contributed by atoms with E-state index in [1.54, 1.807) is 13.0 Å². The topological polar surface area (TPSA) is 110 Å². The highest BCUT2D eigenvalue weighted by atomic mass is 32.2. The van der Waals surface area contributed by atoms with Crippen LogP contribution in [0.4, 0.5) is 5.82 Å². The third-order valence-electron chi connectivity index (χ3n) is 3.53. The molecule has 8 nitrogen and oxygen atoms in total. The van der Waals surface area contributed by atoms with Crippen LogP contribution in [0, 0.1) is 6.92 Å². The first-order chi connectivity index (χ1) is 10.3. The summed E-state index contributed by atoms with van der Waals surface area (Å²) in [5.74, 6) is 0.424. The molecule has 0 spiro atoms. The summed E-state index contributed by atoms with van der Waals surface area (Å²) in [6.07, 6.45) is 0.494. The Hall–Kier alpha value is -1.90. The summed E-state index contributed by atoms with van der Waals surface area (Å²) in [6.45, 7) is 3.27. The largest absolute Gasteiger partial charge is 0.360 e. The van der Waals surface area contributed by atoms with Gasteiger partial charge in [0, 0.05) is 32.0 Å². The third-order valence-corrected chi connectivity index (χ3v) is 5.28. The fraction of sp³-hybridized carbons (Fsp3) is 0.615. The molecule has 0 bridgehead atoms. The number of nitrogens with zero attached hydrogens (tertiary/aromatic N) is 2. The first kappa shape index (κ1) is 16.5. The molecular formula is C13H19N3O5S. The lowest BCUT2D eigenvalue weighted by atomic mass is 10.2. The van der Waals surface area contributed by atoms with E-state index >= 15 is 0 Å². The highest BCUT2D eigenvalue weighted by Crippen LogP contribution is 2.18. The number of carbonyl (C=O) groups is 2. The smallest absolute Gasteiger partial charge is 0.227 e. The van der Waals surface area contributed by atoms with Gasteiger partial charge in [-0.25, -0.2) is 8.42 Å². The monoisotopic (exact) mass is 329 g/mol. The molecule has 0 radical (unpaired) electrons. The highest BCUT2D eigenvalue weighted by Gasteiger charge is 2.33. The lowest BCUT2D eigenvalue weighted by molar-refractivity contribution is -0.131. The van der Waals surface area contributed by atoms with Crippen LogP contribution < -0.4 is 5.32 Å². The number of anilines is 1. The van der Waals surface area contributed by atoms with Crippen LogP contribution in [-0.2, 0) is 19.4 Å². The molecule has 1 fully saturated rings. The van der Waals surface area contributed by atoms with E-state index in [-0.39, 0.29) is 42.3 Å². The van der Waals surface area contributed by atoms with Crippen molar-refractivity contribution in [1.29, 1.82) is 0 Å². The van der Waals surface area contributed by atoms with Crippen molar-refractivity contribution in [2.45, 2.75) is 32.7 Å². The quantitative estimate of drug-likeness (QED) is 0.834. The molecule has 1 aromatic heterocycles. The first-order valence-electron chi connectivity index (χ1n) is 6.97. The molecule has 1 atom stereocenters. The number of carbonyl (C=O) groups excluding carboxylic acids is 2. The lowest BCUT2D eigenvalue weighted by Gasteiger charge is -2.26. The summed E-state index contributed by atoms with van der Waals surface area (Å²) in [6, 6.07) is 1.24. The Kier molecular flexibility index (Phi) is 4.84. The van der Waals surface area contributed by atoms with Crippen molar-refractivity contribution < 1.29 is 22.5 Å². The Morgan fingerprint density at radius 2 is 2.23 bits per heavy atom. The van der Waals surface area contributed by atoms with Gasteiger partial charge in [0.2, 0.25) is 11.8 Å². The van der Waals surface area contributed by atoms with E-state index in [2.05, 4.69) is 10.5 Å². The van der Waals surface area contributed by atoms with E-state index in [0.29, 0.717) is 18.0 Å². The van der Waals surface area contributed by atoms with Crippen LogP contribution in [0.25, 0.3) is 0 Å². The van der Waals surface area contributed by atoms with Crippen molar-refractivity contribution in [2.24, 2.45) is 0 Å². The fourth-order valence-corrected chi connectivity index (χ4v) is 4.20. The van der Waals surface area contributed by atoms with Crippen molar-refractivity contribution >= 4 is 27.5 Å². The number of hydrogen-bond acceptors (Lipinski definition) is 6. The van der Waals surface area contributed by atoms with Crippen molar-refractivity contribution in [2.75, 3.05) is 23.4 Å². The second-order valence-corrected chi connectivity index (χ2v) is 7.62. The molecule has 2 amide bonds. The first-order valence-corrected chi connectivity index (χ1v) is 8.80. The molecule has 2 rings (SSSR count). The van der Waals surface area contributed by atoms with Crippen LogP contribution in [0.15, 0.2) is 10.6 Å². The molecule has 2 heterocycles. The van der Waals surface area contributed by atoms with Crippen LogP contribution in [0.1, 0.15) is 25.5 Å². The minimum absolute atomic E-state index is 0.0311. The van der Waals surface area contributed by atoms with Crippen LogP contribution >= 0.6 is 0 Å². The van der Waals surface area contributed by atoms with E-state index < -0.39 is 9.84 Å². The maximum atomic E-state index is 11.8. The van der Waals surface area contributed by atoms with E-state index in [0.717, 1.165) is 0 Å². The summed E-state index contributed by atoms with van der Waals surface area (Å²) in [4.78, 5) is 25.0. The van der Waals surface area contributed by atoms with Gasteiger partial charge in [-0.2, -0.15) is 0 Å². The molecule has 1 aliphatic heterocycles.